The molecule has 0 aromatic heterocycles. The lowest BCUT2D eigenvalue weighted by atomic mass is 9.79. The highest BCUT2D eigenvalue weighted by Gasteiger charge is 2.41. The number of fused-ring (bicyclic) bond motifs is 1. The summed E-state index contributed by atoms with van der Waals surface area (Å²) >= 11 is 0. The molecule has 0 aromatic rings. The van der Waals surface area contributed by atoms with E-state index in [2.05, 4.69) is 17.1 Å². The van der Waals surface area contributed by atoms with Crippen molar-refractivity contribution in [3.8, 4) is 0 Å². The van der Waals surface area contributed by atoms with Crippen molar-refractivity contribution in [2.75, 3.05) is 19.6 Å². The Morgan fingerprint density at radius 1 is 1.21 bits per heavy atom. The zero-order valence-corrected chi connectivity index (χ0v) is 9.21. The van der Waals surface area contributed by atoms with Crippen molar-refractivity contribution in [3.05, 3.63) is 0 Å². The maximum atomic E-state index is 3.54. The Morgan fingerprint density at radius 3 is 2.79 bits per heavy atom. The fourth-order valence-corrected chi connectivity index (χ4v) is 3.58. The Morgan fingerprint density at radius 2 is 2.07 bits per heavy atom. The van der Waals surface area contributed by atoms with Crippen molar-refractivity contribution in [2.45, 2.75) is 44.7 Å². The molecule has 2 heteroatoms. The second-order valence-electron chi connectivity index (χ2n) is 5.44. The highest BCUT2D eigenvalue weighted by atomic mass is 15.3. The van der Waals surface area contributed by atoms with E-state index in [9.17, 15) is 0 Å². The summed E-state index contributed by atoms with van der Waals surface area (Å²) < 4.78 is 0. The average molecular weight is 194 g/mol. The molecule has 1 saturated carbocycles. The van der Waals surface area contributed by atoms with Gasteiger partial charge >= 0.3 is 0 Å². The second kappa shape index (κ2) is 3.49. The minimum Gasteiger partial charge on any atom is -0.315 e. The number of nitrogens with zero attached hydrogens (tertiary/aromatic N) is 1. The summed E-state index contributed by atoms with van der Waals surface area (Å²) in [7, 11) is 0. The van der Waals surface area contributed by atoms with E-state index in [0.29, 0.717) is 0 Å². The van der Waals surface area contributed by atoms with E-state index in [1.165, 1.54) is 45.3 Å². The third-order valence-corrected chi connectivity index (χ3v) is 4.84. The number of hydrogen-bond acceptors (Lipinski definition) is 2. The van der Waals surface area contributed by atoms with Gasteiger partial charge in [-0.3, -0.25) is 4.90 Å². The van der Waals surface area contributed by atoms with Crippen LogP contribution < -0.4 is 5.32 Å². The van der Waals surface area contributed by atoms with Crippen LogP contribution in [0.4, 0.5) is 0 Å². The lowest BCUT2D eigenvalue weighted by Gasteiger charge is -2.39. The van der Waals surface area contributed by atoms with Crippen LogP contribution in [0.2, 0.25) is 0 Å². The van der Waals surface area contributed by atoms with E-state index in [-0.39, 0.29) is 0 Å². The lowest BCUT2D eigenvalue weighted by molar-refractivity contribution is 0.0972. The van der Waals surface area contributed by atoms with Gasteiger partial charge in [-0.1, -0.05) is 6.42 Å². The predicted octanol–water partition coefficient (Wildman–Crippen LogP) is 1.47. The zero-order valence-electron chi connectivity index (χ0n) is 9.21. The molecule has 2 nitrogen and oxygen atoms in total. The van der Waals surface area contributed by atoms with Gasteiger partial charge in [-0.05, 0) is 51.1 Å². The standard InChI is InChI=1S/C12H22N2/c1-9(10-3-2-4-10)14-6-5-11-7-13-8-12(11)14/h9-13H,2-8H2,1H3/t9?,11-,12+/m1/s1. The number of nitrogens with one attached hydrogen (secondary N) is 1. The van der Waals surface area contributed by atoms with Gasteiger partial charge in [0.2, 0.25) is 0 Å². The number of rotatable bonds is 2. The molecule has 0 aromatic carbocycles. The molecule has 1 N–H and O–H groups in total. The summed E-state index contributed by atoms with van der Waals surface area (Å²) in [5, 5.41) is 3.54. The van der Waals surface area contributed by atoms with Crippen LogP contribution >= 0.6 is 0 Å². The second-order valence-corrected chi connectivity index (χ2v) is 5.44. The van der Waals surface area contributed by atoms with Crippen LogP contribution in [0.1, 0.15) is 32.6 Å². The molecule has 1 unspecified atom stereocenters. The van der Waals surface area contributed by atoms with Crippen LogP contribution in [0.25, 0.3) is 0 Å². The molecule has 0 amide bonds. The molecule has 2 heterocycles. The topological polar surface area (TPSA) is 15.3 Å². The Bertz CT molecular complexity index is 212. The Kier molecular flexibility index (Phi) is 2.29. The van der Waals surface area contributed by atoms with Crippen molar-refractivity contribution >= 4 is 0 Å². The van der Waals surface area contributed by atoms with Crippen LogP contribution in [-0.4, -0.2) is 36.6 Å². The molecule has 14 heavy (non-hydrogen) atoms. The third-order valence-electron chi connectivity index (χ3n) is 4.84. The Hall–Kier alpha value is -0.0800. The van der Waals surface area contributed by atoms with Crippen LogP contribution in [0.15, 0.2) is 0 Å². The van der Waals surface area contributed by atoms with E-state index < -0.39 is 0 Å². The highest BCUT2D eigenvalue weighted by Crippen LogP contribution is 2.37. The Labute approximate surface area is 87.0 Å². The Balaban J connectivity index is 1.66. The van der Waals surface area contributed by atoms with E-state index in [4.69, 9.17) is 0 Å². The van der Waals surface area contributed by atoms with Crippen molar-refractivity contribution in [1.82, 2.24) is 10.2 Å². The zero-order chi connectivity index (χ0) is 9.54. The SMILES string of the molecule is CC(C1CCC1)N1CC[C@@H]2CNC[C@@H]21. The molecule has 3 atom stereocenters. The van der Waals surface area contributed by atoms with Gasteiger partial charge in [0.15, 0.2) is 0 Å². The van der Waals surface area contributed by atoms with Crippen molar-refractivity contribution in [2.24, 2.45) is 11.8 Å². The molecule has 2 saturated heterocycles. The molecular formula is C12H22N2. The fraction of sp³-hybridized carbons (Fsp3) is 1.00. The van der Waals surface area contributed by atoms with Gasteiger partial charge in [0.05, 0.1) is 0 Å². The van der Waals surface area contributed by atoms with Crippen molar-refractivity contribution < 1.29 is 0 Å². The summed E-state index contributed by atoms with van der Waals surface area (Å²) in [6.45, 7) is 6.36. The first-order valence-corrected chi connectivity index (χ1v) is 6.32. The highest BCUT2D eigenvalue weighted by molar-refractivity contribution is 4.98. The normalized spacial score (nSPS) is 40.9. The van der Waals surface area contributed by atoms with Gasteiger partial charge in [-0.25, -0.2) is 0 Å². The van der Waals surface area contributed by atoms with Gasteiger partial charge < -0.3 is 5.32 Å². The quantitative estimate of drug-likeness (QED) is 0.716. The van der Waals surface area contributed by atoms with Crippen LogP contribution in [0.3, 0.4) is 0 Å². The maximum Gasteiger partial charge on any atom is 0.0264 e. The van der Waals surface area contributed by atoms with Crippen molar-refractivity contribution in [1.29, 1.82) is 0 Å². The van der Waals surface area contributed by atoms with Crippen LogP contribution in [0, 0.1) is 11.8 Å². The molecule has 3 rings (SSSR count). The first-order chi connectivity index (χ1) is 6.86. The van der Waals surface area contributed by atoms with E-state index in [0.717, 1.165) is 23.9 Å². The number of likely N-dealkylation sites (tertiary alicyclic amines) is 1. The largest absolute Gasteiger partial charge is 0.315 e. The summed E-state index contributed by atoms with van der Waals surface area (Å²) in [4.78, 5) is 2.80. The molecular weight excluding hydrogens is 172 g/mol. The minimum absolute atomic E-state index is 0.860. The maximum absolute atomic E-state index is 3.54. The monoisotopic (exact) mass is 194 g/mol. The van der Waals surface area contributed by atoms with Crippen LogP contribution in [0.5, 0.6) is 0 Å². The summed E-state index contributed by atoms with van der Waals surface area (Å²) in [5.41, 5.74) is 0. The molecule has 3 fully saturated rings. The first kappa shape index (κ1) is 9.17. The van der Waals surface area contributed by atoms with E-state index >= 15 is 0 Å². The predicted molar refractivity (Wildman–Crippen MR) is 58.3 cm³/mol. The van der Waals surface area contributed by atoms with Gasteiger partial charge in [-0.15, -0.1) is 0 Å². The smallest absolute Gasteiger partial charge is 0.0264 e. The molecule has 0 bridgehead atoms. The minimum atomic E-state index is 0.860. The average Bonchev–Trinajstić information content (AvgIpc) is 2.57. The summed E-state index contributed by atoms with van der Waals surface area (Å²) in [5.74, 6) is 1.99. The molecule has 2 aliphatic heterocycles. The van der Waals surface area contributed by atoms with Gasteiger partial charge in [0.1, 0.15) is 0 Å². The molecule has 0 radical (unpaired) electrons. The molecule has 3 aliphatic rings. The molecule has 0 spiro atoms. The first-order valence-electron chi connectivity index (χ1n) is 6.32. The van der Waals surface area contributed by atoms with Crippen molar-refractivity contribution in [3.63, 3.8) is 0 Å². The van der Waals surface area contributed by atoms with Crippen LogP contribution in [-0.2, 0) is 0 Å². The molecule has 1 aliphatic carbocycles. The lowest BCUT2D eigenvalue weighted by Crippen LogP contribution is -2.45. The van der Waals surface area contributed by atoms with E-state index in [1.807, 2.05) is 0 Å². The van der Waals surface area contributed by atoms with Gasteiger partial charge in [0.25, 0.3) is 0 Å². The fourth-order valence-electron chi connectivity index (χ4n) is 3.58. The van der Waals surface area contributed by atoms with E-state index in [1.54, 1.807) is 0 Å². The molecule has 80 valence electrons. The van der Waals surface area contributed by atoms with Gasteiger partial charge in [-0.2, -0.15) is 0 Å². The third kappa shape index (κ3) is 1.31. The summed E-state index contributed by atoms with van der Waals surface area (Å²) in [6, 6.07) is 1.74. The van der Waals surface area contributed by atoms with Gasteiger partial charge in [0, 0.05) is 18.6 Å². The summed E-state index contributed by atoms with van der Waals surface area (Å²) in [6.07, 6.45) is 5.90. The number of hydrogen-bond donors (Lipinski definition) is 1.